The van der Waals surface area contributed by atoms with Gasteiger partial charge in [-0.15, -0.1) is 0 Å². The number of hydrogen-bond acceptors (Lipinski definition) is 4. The maximum absolute atomic E-state index is 12.4. The highest BCUT2D eigenvalue weighted by atomic mass is 32.2. The minimum atomic E-state index is -3.68. The summed E-state index contributed by atoms with van der Waals surface area (Å²) in [5, 5.41) is 18.7. The average Bonchev–Trinajstić information content (AvgIpc) is 2.35. The van der Waals surface area contributed by atoms with Gasteiger partial charge < -0.3 is 10.2 Å². The summed E-state index contributed by atoms with van der Waals surface area (Å²) in [4.78, 5) is 0. The third-order valence-electron chi connectivity index (χ3n) is 3.80. The fourth-order valence-electron chi connectivity index (χ4n) is 2.55. The SMILES string of the molecule is CCC(CO)(CO)NS(=O)(=O)N1CC(C)CC(C)C1. The van der Waals surface area contributed by atoms with E-state index in [1.165, 1.54) is 4.31 Å². The molecule has 2 atom stereocenters. The Kier molecular flexibility index (Phi) is 5.76. The molecule has 19 heavy (non-hydrogen) atoms. The van der Waals surface area contributed by atoms with Crippen molar-refractivity contribution in [2.24, 2.45) is 11.8 Å². The predicted octanol–water partition coefficient (Wildman–Crippen LogP) is -0.0679. The number of rotatable bonds is 6. The molecule has 0 radical (unpaired) electrons. The fourth-order valence-corrected chi connectivity index (χ4v) is 4.40. The van der Waals surface area contributed by atoms with Gasteiger partial charge in [-0.1, -0.05) is 20.8 Å². The molecule has 0 amide bonds. The minimum Gasteiger partial charge on any atom is -0.394 e. The third kappa shape index (κ3) is 4.13. The average molecular weight is 294 g/mol. The van der Waals surface area contributed by atoms with Crippen molar-refractivity contribution in [3.8, 4) is 0 Å². The summed E-state index contributed by atoms with van der Waals surface area (Å²) in [5.41, 5.74) is -1.18. The summed E-state index contributed by atoms with van der Waals surface area (Å²) in [6, 6.07) is 0. The van der Waals surface area contributed by atoms with Gasteiger partial charge in [-0.25, -0.2) is 0 Å². The summed E-state index contributed by atoms with van der Waals surface area (Å²) in [6.45, 7) is 5.92. The highest BCUT2D eigenvalue weighted by Crippen LogP contribution is 2.23. The number of aliphatic hydroxyl groups is 2. The van der Waals surface area contributed by atoms with Crippen molar-refractivity contribution in [3.63, 3.8) is 0 Å². The van der Waals surface area contributed by atoms with Gasteiger partial charge in [0.25, 0.3) is 10.2 Å². The first-order chi connectivity index (χ1) is 8.78. The maximum Gasteiger partial charge on any atom is 0.280 e. The van der Waals surface area contributed by atoms with Gasteiger partial charge in [-0.2, -0.15) is 17.4 Å². The standard InChI is InChI=1S/C12H26N2O4S/c1-4-12(8-15,9-16)13-19(17,18)14-6-10(2)5-11(3)7-14/h10-11,13,15-16H,4-9H2,1-3H3. The number of piperidine rings is 1. The van der Waals surface area contributed by atoms with Crippen molar-refractivity contribution in [3.05, 3.63) is 0 Å². The first kappa shape index (κ1) is 16.8. The second kappa shape index (κ2) is 6.49. The van der Waals surface area contributed by atoms with Gasteiger partial charge in [0, 0.05) is 13.1 Å². The van der Waals surface area contributed by atoms with Crippen LogP contribution in [0.15, 0.2) is 0 Å². The third-order valence-corrected chi connectivity index (χ3v) is 5.47. The van der Waals surface area contributed by atoms with Crippen molar-refractivity contribution >= 4 is 10.2 Å². The molecule has 0 saturated carbocycles. The molecule has 114 valence electrons. The monoisotopic (exact) mass is 294 g/mol. The Hall–Kier alpha value is -0.210. The molecule has 1 aliphatic rings. The molecule has 1 saturated heterocycles. The van der Waals surface area contributed by atoms with E-state index >= 15 is 0 Å². The van der Waals surface area contributed by atoms with Gasteiger partial charge >= 0.3 is 0 Å². The minimum absolute atomic E-state index is 0.319. The summed E-state index contributed by atoms with van der Waals surface area (Å²) < 4.78 is 28.6. The fraction of sp³-hybridized carbons (Fsp3) is 1.00. The largest absolute Gasteiger partial charge is 0.394 e. The second-order valence-corrected chi connectivity index (χ2v) is 7.49. The summed E-state index contributed by atoms with van der Waals surface area (Å²) in [7, 11) is -3.68. The lowest BCUT2D eigenvalue weighted by atomic mass is 9.94. The molecule has 0 aromatic carbocycles. The van der Waals surface area contributed by atoms with Crippen molar-refractivity contribution < 1.29 is 18.6 Å². The van der Waals surface area contributed by atoms with Crippen molar-refractivity contribution in [2.75, 3.05) is 26.3 Å². The van der Waals surface area contributed by atoms with E-state index in [-0.39, 0.29) is 0 Å². The molecule has 7 heteroatoms. The molecule has 0 bridgehead atoms. The van der Waals surface area contributed by atoms with Gasteiger partial charge in [0.15, 0.2) is 0 Å². The summed E-state index contributed by atoms with van der Waals surface area (Å²) in [6.07, 6.45) is 1.35. The summed E-state index contributed by atoms with van der Waals surface area (Å²) in [5.74, 6) is 0.638. The van der Waals surface area contributed by atoms with Crippen LogP contribution in [0.25, 0.3) is 0 Å². The molecular weight excluding hydrogens is 268 g/mol. The van der Waals surface area contributed by atoms with E-state index < -0.39 is 29.0 Å². The molecule has 0 aliphatic carbocycles. The van der Waals surface area contributed by atoms with Crippen LogP contribution in [0.2, 0.25) is 0 Å². The first-order valence-corrected chi connectivity index (χ1v) is 8.23. The van der Waals surface area contributed by atoms with Crippen LogP contribution in [-0.4, -0.2) is 54.8 Å². The Morgan fingerprint density at radius 3 is 2.05 bits per heavy atom. The van der Waals surface area contributed by atoms with E-state index in [0.717, 1.165) is 6.42 Å². The van der Waals surface area contributed by atoms with Crippen LogP contribution in [0.1, 0.15) is 33.6 Å². The normalized spacial score (nSPS) is 26.6. The van der Waals surface area contributed by atoms with Crippen molar-refractivity contribution in [2.45, 2.75) is 39.2 Å². The van der Waals surface area contributed by atoms with E-state index in [1.807, 2.05) is 13.8 Å². The van der Waals surface area contributed by atoms with E-state index in [2.05, 4.69) is 4.72 Å². The van der Waals surface area contributed by atoms with Crippen molar-refractivity contribution in [1.82, 2.24) is 9.03 Å². The topological polar surface area (TPSA) is 89.9 Å². The maximum atomic E-state index is 12.4. The quantitative estimate of drug-likeness (QED) is 0.640. The Bertz CT molecular complexity index is 363. The Morgan fingerprint density at radius 1 is 1.21 bits per heavy atom. The van der Waals surface area contributed by atoms with E-state index in [9.17, 15) is 18.6 Å². The van der Waals surface area contributed by atoms with Crippen molar-refractivity contribution in [1.29, 1.82) is 0 Å². The number of aliphatic hydroxyl groups excluding tert-OH is 2. The van der Waals surface area contributed by atoms with Gasteiger partial charge in [0.05, 0.1) is 18.8 Å². The lowest BCUT2D eigenvalue weighted by Gasteiger charge is -2.37. The van der Waals surface area contributed by atoms with Gasteiger partial charge in [0.1, 0.15) is 0 Å². The zero-order valence-corrected chi connectivity index (χ0v) is 12.8. The van der Waals surface area contributed by atoms with E-state index in [1.54, 1.807) is 6.92 Å². The molecule has 1 heterocycles. The van der Waals surface area contributed by atoms with Gasteiger partial charge in [-0.3, -0.25) is 0 Å². The summed E-state index contributed by atoms with van der Waals surface area (Å²) >= 11 is 0. The molecule has 1 aliphatic heterocycles. The van der Waals surface area contributed by atoms with Crippen LogP contribution in [0.4, 0.5) is 0 Å². The van der Waals surface area contributed by atoms with Crippen LogP contribution >= 0.6 is 0 Å². The highest BCUT2D eigenvalue weighted by Gasteiger charge is 2.37. The number of nitrogens with one attached hydrogen (secondary N) is 1. The van der Waals surface area contributed by atoms with E-state index in [0.29, 0.717) is 31.3 Å². The number of nitrogens with zero attached hydrogens (tertiary/aromatic N) is 1. The lowest BCUT2D eigenvalue weighted by Crippen LogP contribution is -2.59. The van der Waals surface area contributed by atoms with Gasteiger partial charge in [0.2, 0.25) is 0 Å². The molecule has 1 rings (SSSR count). The lowest BCUT2D eigenvalue weighted by molar-refractivity contribution is 0.102. The van der Waals surface area contributed by atoms with E-state index in [4.69, 9.17) is 0 Å². The molecule has 1 fully saturated rings. The zero-order chi connectivity index (χ0) is 14.7. The van der Waals surface area contributed by atoms with Crippen LogP contribution in [0, 0.1) is 11.8 Å². The Labute approximate surface area is 116 Å². The molecule has 6 nitrogen and oxygen atoms in total. The molecule has 3 N–H and O–H groups in total. The van der Waals surface area contributed by atoms with Gasteiger partial charge in [-0.05, 0) is 24.7 Å². The first-order valence-electron chi connectivity index (χ1n) is 6.79. The van der Waals surface area contributed by atoms with Crippen LogP contribution < -0.4 is 4.72 Å². The Morgan fingerprint density at radius 2 is 1.68 bits per heavy atom. The highest BCUT2D eigenvalue weighted by molar-refractivity contribution is 7.87. The van der Waals surface area contributed by atoms with Crippen LogP contribution in [0.5, 0.6) is 0 Å². The smallest absolute Gasteiger partial charge is 0.280 e. The molecule has 2 unspecified atom stereocenters. The predicted molar refractivity (Wildman–Crippen MR) is 73.8 cm³/mol. The zero-order valence-electron chi connectivity index (χ0n) is 12.0. The second-order valence-electron chi connectivity index (χ2n) is 5.82. The van der Waals surface area contributed by atoms with Crippen LogP contribution in [-0.2, 0) is 10.2 Å². The van der Waals surface area contributed by atoms with Crippen LogP contribution in [0.3, 0.4) is 0 Å². The molecule has 0 aromatic heterocycles. The number of hydrogen-bond donors (Lipinski definition) is 3. The molecule has 0 aromatic rings. The molecular formula is C12H26N2O4S. The molecule has 0 spiro atoms. The Balaban J connectivity index is 2.85.